The van der Waals surface area contributed by atoms with Crippen molar-refractivity contribution in [1.29, 1.82) is 0 Å². The molecule has 15 heteroatoms. The number of anilines is 1. The lowest BCUT2D eigenvalue weighted by atomic mass is 9.58. The molecule has 3 aliphatic carbocycles. The minimum atomic E-state index is -4.64. The summed E-state index contributed by atoms with van der Waals surface area (Å²) in [5.41, 5.74) is 3.02. The number of nitrogens with two attached hydrogens (primary N) is 1. The van der Waals surface area contributed by atoms with E-state index >= 15 is 0 Å². The molecule has 14 nitrogen and oxygen atoms in total. The van der Waals surface area contributed by atoms with Crippen molar-refractivity contribution in [3.05, 3.63) is 45.9 Å². The summed E-state index contributed by atoms with van der Waals surface area (Å²) in [6.07, 6.45) is 0.324. The van der Waals surface area contributed by atoms with E-state index in [2.05, 4.69) is 0 Å². The number of carbonyl (C=O) groups excluding carboxylic acids is 3. The lowest BCUT2D eigenvalue weighted by molar-refractivity contribution is -0.148. The number of allylic oxidation sites excluding steroid dienone is 1. The Morgan fingerprint density at radius 1 is 1.08 bits per heavy atom. The predicted octanol–water partition coefficient (Wildman–Crippen LogP) is -0.742. The van der Waals surface area contributed by atoms with Gasteiger partial charge >= 0.3 is 7.82 Å². The Kier molecular flexibility index (Phi) is 7.56. The van der Waals surface area contributed by atoms with Gasteiger partial charge in [0.05, 0.1) is 11.6 Å². The molecular formula is C23H30N3O11P. The number of benzene rings is 1. The van der Waals surface area contributed by atoms with Crippen LogP contribution in [0.4, 0.5) is 5.69 Å². The van der Waals surface area contributed by atoms with Crippen LogP contribution in [0.15, 0.2) is 34.8 Å². The van der Waals surface area contributed by atoms with Gasteiger partial charge in [0.2, 0.25) is 5.78 Å². The van der Waals surface area contributed by atoms with Gasteiger partial charge in [0.25, 0.3) is 5.91 Å². The number of fused-ring (bicyclic) bond motifs is 3. The summed E-state index contributed by atoms with van der Waals surface area (Å²) in [4.78, 5) is 63.6. The van der Waals surface area contributed by atoms with Crippen LogP contribution in [0.5, 0.6) is 5.75 Å². The van der Waals surface area contributed by atoms with Crippen LogP contribution in [0.3, 0.4) is 0 Å². The fourth-order valence-corrected chi connectivity index (χ4v) is 5.65. The third kappa shape index (κ3) is 4.70. The Morgan fingerprint density at radius 3 is 2.11 bits per heavy atom. The highest BCUT2D eigenvalue weighted by molar-refractivity contribution is 7.45. The summed E-state index contributed by atoms with van der Waals surface area (Å²) < 4.78 is 8.88. The number of carbonyl (C=O) groups is 3. The smallest absolute Gasteiger partial charge is 0.466 e. The first-order chi connectivity index (χ1) is 17.3. The number of aliphatic hydroxyl groups is 3. The third-order valence-corrected chi connectivity index (χ3v) is 7.06. The van der Waals surface area contributed by atoms with Crippen LogP contribution < -0.4 is 10.6 Å². The minimum absolute atomic E-state index is 0.00184. The van der Waals surface area contributed by atoms with E-state index in [4.69, 9.17) is 25.0 Å². The van der Waals surface area contributed by atoms with E-state index in [0.717, 1.165) is 5.69 Å². The summed E-state index contributed by atoms with van der Waals surface area (Å²) in [7, 11) is 2.15. The summed E-state index contributed by atoms with van der Waals surface area (Å²) >= 11 is 0. The molecule has 0 saturated carbocycles. The summed E-state index contributed by atoms with van der Waals surface area (Å²) in [5.74, 6) is -6.53. The zero-order valence-electron chi connectivity index (χ0n) is 21.0. The number of nitrogens with zero attached hydrogens (tertiary/aromatic N) is 2. The number of aliphatic hydroxyl groups excluding tert-OH is 2. The molecule has 1 amide bonds. The van der Waals surface area contributed by atoms with Crippen molar-refractivity contribution in [3.8, 4) is 5.75 Å². The van der Waals surface area contributed by atoms with Crippen LogP contribution in [0, 0.1) is 11.8 Å². The highest BCUT2D eigenvalue weighted by Crippen LogP contribution is 2.53. The van der Waals surface area contributed by atoms with Crippen molar-refractivity contribution in [2.75, 3.05) is 33.1 Å². The van der Waals surface area contributed by atoms with Crippen LogP contribution in [0.1, 0.15) is 22.3 Å². The highest BCUT2D eigenvalue weighted by Gasteiger charge is 2.63. The molecule has 0 radical (unpaired) electrons. The second-order valence-electron chi connectivity index (χ2n) is 9.83. The maximum atomic E-state index is 13.5. The molecule has 0 bridgehead atoms. The Hall–Kier alpha value is -3.26. The number of aromatic hydroxyl groups is 1. The van der Waals surface area contributed by atoms with Crippen molar-refractivity contribution >= 4 is 31.0 Å². The number of rotatable bonds is 3. The summed E-state index contributed by atoms with van der Waals surface area (Å²) in [6.45, 7) is 0. The van der Waals surface area contributed by atoms with Crippen molar-refractivity contribution in [2.45, 2.75) is 24.5 Å². The second kappa shape index (κ2) is 9.80. The number of phenolic OH excluding ortho intramolecular Hbond substituents is 1. The van der Waals surface area contributed by atoms with Crippen LogP contribution in [-0.2, 0) is 20.6 Å². The Labute approximate surface area is 217 Å². The van der Waals surface area contributed by atoms with Gasteiger partial charge in [-0.3, -0.25) is 19.3 Å². The average molecular weight is 555 g/mol. The van der Waals surface area contributed by atoms with Gasteiger partial charge < -0.3 is 45.7 Å². The third-order valence-electron chi connectivity index (χ3n) is 7.06. The van der Waals surface area contributed by atoms with E-state index in [1.807, 2.05) is 0 Å². The van der Waals surface area contributed by atoms with Gasteiger partial charge in [-0.05, 0) is 50.6 Å². The molecule has 1 aromatic rings. The number of ketones is 2. The Balaban J connectivity index is 0.000000732. The molecule has 0 spiro atoms. The standard InChI is InChI=1S/C23H27N3O7.H3O4P/c1-25(2)12-5-6-13(27)15-10(12)7-9-8-11-17(26(3)4)19(29)16(22(24)32)21(31)23(11,33)20(30)14(9)18(15)28;1-5(2,3)4/h5-6,9,11,17,27,29-30,33H,7-8H2,1-4H3,(H2,24,32);(H3,1,2,3,4)/t9-,11+,17-,23-;/m0./s1. The van der Waals surface area contributed by atoms with E-state index < -0.39 is 65.9 Å². The van der Waals surface area contributed by atoms with Gasteiger partial charge in [-0.1, -0.05) is 0 Å². The van der Waals surface area contributed by atoms with Gasteiger partial charge in [-0.2, -0.15) is 0 Å². The molecule has 1 aromatic carbocycles. The molecule has 9 N–H and O–H groups in total. The first kappa shape index (κ1) is 29.3. The Morgan fingerprint density at radius 2 is 1.63 bits per heavy atom. The zero-order chi connectivity index (χ0) is 29.1. The normalized spacial score (nSPS) is 26.8. The van der Waals surface area contributed by atoms with Crippen LogP contribution in [-0.4, -0.2) is 97.3 Å². The maximum Gasteiger partial charge on any atom is 0.466 e. The van der Waals surface area contributed by atoms with Gasteiger partial charge in [0, 0.05) is 31.3 Å². The number of phosphoric acid groups is 1. The van der Waals surface area contributed by atoms with Crippen LogP contribution in [0.2, 0.25) is 0 Å². The van der Waals surface area contributed by atoms with Crippen molar-refractivity contribution < 1.29 is 54.1 Å². The predicted molar refractivity (Wildman–Crippen MR) is 132 cm³/mol. The molecule has 4 rings (SSSR count). The van der Waals surface area contributed by atoms with Crippen molar-refractivity contribution in [2.24, 2.45) is 17.6 Å². The molecular weight excluding hydrogens is 525 g/mol. The average Bonchev–Trinajstić information content (AvgIpc) is 2.74. The number of primary amides is 1. The molecule has 0 aromatic heterocycles. The van der Waals surface area contributed by atoms with E-state index in [1.54, 1.807) is 39.2 Å². The SMILES string of the molecule is CN(C)c1ccc(O)c2c1C[C@H]1C[C@@H]3[C@H](N(C)C)C(O)=C(C(N)=O)C(=O)[C@@]3(O)C(O)=C1C2=O.O=P(O)(O)O. The van der Waals surface area contributed by atoms with Gasteiger partial charge in [-0.15, -0.1) is 0 Å². The van der Waals surface area contributed by atoms with Crippen LogP contribution >= 0.6 is 7.82 Å². The number of amides is 1. The lowest BCUT2D eigenvalue weighted by Crippen LogP contribution is -2.63. The molecule has 208 valence electrons. The number of hydrogen-bond donors (Lipinski definition) is 8. The molecule has 0 saturated heterocycles. The first-order valence-electron chi connectivity index (χ1n) is 11.3. The summed E-state index contributed by atoms with van der Waals surface area (Å²) in [6, 6.07) is 2.06. The quantitative estimate of drug-likeness (QED) is 0.169. The van der Waals surface area contributed by atoms with Crippen molar-refractivity contribution in [3.63, 3.8) is 0 Å². The van der Waals surface area contributed by atoms with Crippen molar-refractivity contribution in [1.82, 2.24) is 4.90 Å². The topological polar surface area (TPSA) is 242 Å². The molecule has 0 aliphatic heterocycles. The largest absolute Gasteiger partial charge is 0.510 e. The van der Waals surface area contributed by atoms with E-state index in [-0.39, 0.29) is 29.7 Å². The Bertz CT molecular complexity index is 1320. The van der Waals surface area contributed by atoms with E-state index in [1.165, 1.54) is 11.0 Å². The minimum Gasteiger partial charge on any atom is -0.510 e. The highest BCUT2D eigenvalue weighted by atomic mass is 31.2. The van der Waals surface area contributed by atoms with Gasteiger partial charge in [0.15, 0.2) is 11.4 Å². The second-order valence-corrected chi connectivity index (χ2v) is 10.9. The molecule has 0 heterocycles. The number of Topliss-reactive ketones (excluding diaryl/α,β-unsaturated/α-hetero) is 2. The molecule has 38 heavy (non-hydrogen) atoms. The lowest BCUT2D eigenvalue weighted by Gasteiger charge is -2.50. The van der Waals surface area contributed by atoms with Gasteiger partial charge in [-0.25, -0.2) is 4.57 Å². The van der Waals surface area contributed by atoms with E-state index in [0.29, 0.717) is 5.56 Å². The summed E-state index contributed by atoms with van der Waals surface area (Å²) in [5, 5.41) is 43.9. The zero-order valence-corrected chi connectivity index (χ0v) is 21.9. The molecule has 3 aliphatic rings. The monoisotopic (exact) mass is 555 g/mol. The molecule has 4 atom stereocenters. The number of phenols is 1. The number of hydrogen-bond acceptors (Lipinski definition) is 10. The first-order valence-corrected chi connectivity index (χ1v) is 12.9. The fraction of sp³-hybridized carbons (Fsp3) is 0.435. The molecule has 0 unspecified atom stereocenters. The number of likely N-dealkylation sites (N-methyl/N-ethyl adjacent to an activating group) is 1. The van der Waals surface area contributed by atoms with Gasteiger partial charge in [0.1, 0.15) is 22.8 Å². The fourth-order valence-electron chi connectivity index (χ4n) is 5.65. The molecule has 0 fully saturated rings. The van der Waals surface area contributed by atoms with E-state index in [9.17, 15) is 34.8 Å². The maximum absolute atomic E-state index is 13.5. The van der Waals surface area contributed by atoms with Crippen LogP contribution in [0.25, 0.3) is 0 Å².